The Morgan fingerprint density at radius 1 is 1.36 bits per heavy atom. The van der Waals surface area contributed by atoms with Gasteiger partial charge in [-0.25, -0.2) is 14.5 Å². The predicted octanol–water partition coefficient (Wildman–Crippen LogP) is 3.27. The highest BCUT2D eigenvalue weighted by molar-refractivity contribution is 7.14. The van der Waals surface area contributed by atoms with E-state index in [1.165, 1.54) is 17.4 Å². The van der Waals surface area contributed by atoms with Crippen molar-refractivity contribution < 1.29 is 14.3 Å². The Balaban J connectivity index is 1.70. The Morgan fingerprint density at radius 3 is 2.82 bits per heavy atom. The number of nitrogens with zero attached hydrogens (tertiary/aromatic N) is 4. The largest absolute Gasteiger partial charge is 0.451 e. The molecule has 0 saturated carbocycles. The second kappa shape index (κ2) is 8.21. The van der Waals surface area contributed by atoms with Crippen LogP contribution in [-0.4, -0.2) is 33.2 Å². The third-order valence-corrected chi connectivity index (χ3v) is 4.76. The van der Waals surface area contributed by atoms with E-state index in [2.05, 4.69) is 15.4 Å². The third-order valence-electron chi connectivity index (χ3n) is 3.62. The van der Waals surface area contributed by atoms with Gasteiger partial charge in [-0.3, -0.25) is 4.79 Å². The van der Waals surface area contributed by atoms with E-state index in [1.807, 2.05) is 26.0 Å². The molecule has 142 valence electrons. The number of nitriles is 1. The molecular weight excluding hydrogens is 402 g/mol. The number of carbonyl (C=O) groups excluding carboxylic acids is 2. The second-order valence-electron chi connectivity index (χ2n) is 5.74. The van der Waals surface area contributed by atoms with Crippen LogP contribution in [0.15, 0.2) is 29.6 Å². The van der Waals surface area contributed by atoms with Gasteiger partial charge < -0.3 is 10.1 Å². The Hall–Kier alpha value is -3.22. The summed E-state index contributed by atoms with van der Waals surface area (Å²) in [6.07, 6.45) is 0. The zero-order valence-electron chi connectivity index (χ0n) is 14.9. The third kappa shape index (κ3) is 4.19. The van der Waals surface area contributed by atoms with Gasteiger partial charge in [0.1, 0.15) is 11.1 Å². The average molecular weight is 416 g/mol. The van der Waals surface area contributed by atoms with Gasteiger partial charge in [0, 0.05) is 5.69 Å². The maximum Gasteiger partial charge on any atom is 0.359 e. The molecule has 0 radical (unpaired) electrons. The molecule has 1 N–H and O–H groups in total. The number of aromatic nitrogens is 3. The molecule has 3 rings (SSSR count). The van der Waals surface area contributed by atoms with Crippen LogP contribution in [0.4, 0.5) is 5.00 Å². The van der Waals surface area contributed by atoms with E-state index in [1.54, 1.807) is 22.2 Å². The molecule has 0 aliphatic rings. The molecule has 0 atom stereocenters. The van der Waals surface area contributed by atoms with Crippen molar-refractivity contribution in [1.82, 2.24) is 14.8 Å². The summed E-state index contributed by atoms with van der Waals surface area (Å²) in [4.78, 5) is 28.5. The summed E-state index contributed by atoms with van der Waals surface area (Å²) in [5.74, 6) is -1.00. The number of halogens is 1. The van der Waals surface area contributed by atoms with Crippen LogP contribution in [0.2, 0.25) is 5.02 Å². The molecule has 0 unspecified atom stereocenters. The van der Waals surface area contributed by atoms with Crippen LogP contribution >= 0.6 is 22.9 Å². The number of amides is 1. The van der Waals surface area contributed by atoms with E-state index in [-0.39, 0.29) is 10.7 Å². The molecule has 0 saturated heterocycles. The molecule has 0 aliphatic heterocycles. The summed E-state index contributed by atoms with van der Waals surface area (Å²) in [5.41, 5.74) is 1.87. The van der Waals surface area contributed by atoms with Gasteiger partial charge in [0.2, 0.25) is 0 Å². The van der Waals surface area contributed by atoms with Crippen LogP contribution in [0.3, 0.4) is 0 Å². The van der Waals surface area contributed by atoms with Gasteiger partial charge >= 0.3 is 5.97 Å². The molecule has 0 spiro atoms. The Morgan fingerprint density at radius 2 is 2.14 bits per heavy atom. The average Bonchev–Trinajstić information content (AvgIpc) is 3.25. The Labute approximate surface area is 169 Å². The fourth-order valence-corrected chi connectivity index (χ4v) is 3.35. The first-order chi connectivity index (χ1) is 13.4. The maximum absolute atomic E-state index is 12.3. The van der Waals surface area contributed by atoms with Crippen LogP contribution < -0.4 is 5.32 Å². The van der Waals surface area contributed by atoms with Crippen molar-refractivity contribution in [3.63, 3.8) is 0 Å². The number of nitrogens with one attached hydrogen (secondary N) is 1. The van der Waals surface area contributed by atoms with E-state index < -0.39 is 18.5 Å². The molecule has 3 heterocycles. The molecule has 28 heavy (non-hydrogen) atoms. The van der Waals surface area contributed by atoms with Crippen molar-refractivity contribution in [2.45, 2.75) is 13.8 Å². The highest BCUT2D eigenvalue weighted by atomic mass is 35.5. The molecule has 0 bridgehead atoms. The lowest BCUT2D eigenvalue weighted by molar-refractivity contribution is -0.119. The number of anilines is 1. The quantitative estimate of drug-likeness (QED) is 0.640. The molecule has 0 aromatic carbocycles. The van der Waals surface area contributed by atoms with E-state index in [0.717, 1.165) is 11.4 Å². The minimum Gasteiger partial charge on any atom is -0.451 e. The summed E-state index contributed by atoms with van der Waals surface area (Å²) < 4.78 is 6.59. The van der Waals surface area contributed by atoms with E-state index >= 15 is 0 Å². The first-order valence-corrected chi connectivity index (χ1v) is 9.29. The number of rotatable bonds is 5. The molecule has 8 nitrogen and oxygen atoms in total. The number of carbonyl (C=O) groups is 2. The lowest BCUT2D eigenvalue weighted by Crippen LogP contribution is -2.21. The summed E-state index contributed by atoms with van der Waals surface area (Å²) in [6.45, 7) is 3.17. The van der Waals surface area contributed by atoms with E-state index in [9.17, 15) is 9.59 Å². The molecular formula is C18H14ClN5O3S. The van der Waals surface area contributed by atoms with Gasteiger partial charge in [0.15, 0.2) is 18.1 Å². The fourth-order valence-electron chi connectivity index (χ4n) is 2.41. The van der Waals surface area contributed by atoms with Crippen molar-refractivity contribution in [2.75, 3.05) is 11.9 Å². The van der Waals surface area contributed by atoms with E-state index in [0.29, 0.717) is 16.4 Å². The predicted molar refractivity (Wildman–Crippen MR) is 104 cm³/mol. The minimum absolute atomic E-state index is 0.0979. The molecule has 1 amide bonds. The number of thiophene rings is 1. The van der Waals surface area contributed by atoms with Crippen molar-refractivity contribution in [2.24, 2.45) is 0 Å². The zero-order chi connectivity index (χ0) is 20.3. The van der Waals surface area contributed by atoms with Crippen LogP contribution in [0.25, 0.3) is 5.82 Å². The topological polar surface area (TPSA) is 110 Å². The lowest BCUT2D eigenvalue weighted by Gasteiger charge is -2.09. The van der Waals surface area contributed by atoms with Gasteiger partial charge in [0.05, 0.1) is 16.3 Å². The van der Waals surface area contributed by atoms with Crippen LogP contribution in [0.1, 0.15) is 27.4 Å². The highest BCUT2D eigenvalue weighted by Crippen LogP contribution is 2.22. The molecule has 3 aromatic heterocycles. The Kier molecular flexibility index (Phi) is 5.73. The SMILES string of the molecule is Cc1cc(C)n(-c2ccc(Cl)c(C(=O)OCC(=O)Nc3sccc3C#N)n2)n1. The summed E-state index contributed by atoms with van der Waals surface area (Å²) >= 11 is 7.27. The second-order valence-corrected chi connectivity index (χ2v) is 7.06. The van der Waals surface area contributed by atoms with Crippen molar-refractivity contribution in [3.05, 3.63) is 57.3 Å². The zero-order valence-corrected chi connectivity index (χ0v) is 16.5. The van der Waals surface area contributed by atoms with Gasteiger partial charge in [-0.15, -0.1) is 11.3 Å². The van der Waals surface area contributed by atoms with E-state index in [4.69, 9.17) is 21.6 Å². The lowest BCUT2D eigenvalue weighted by atomic mass is 10.3. The summed E-state index contributed by atoms with van der Waals surface area (Å²) in [5, 5.41) is 18.0. The normalized spacial score (nSPS) is 10.4. The van der Waals surface area contributed by atoms with Crippen molar-refractivity contribution in [3.8, 4) is 11.9 Å². The number of hydrogen-bond acceptors (Lipinski definition) is 7. The Bertz CT molecular complexity index is 1100. The van der Waals surface area contributed by atoms with Crippen molar-refractivity contribution in [1.29, 1.82) is 5.26 Å². The number of pyridine rings is 1. The number of ether oxygens (including phenoxy) is 1. The highest BCUT2D eigenvalue weighted by Gasteiger charge is 2.18. The van der Waals surface area contributed by atoms with Crippen LogP contribution in [-0.2, 0) is 9.53 Å². The summed E-state index contributed by atoms with van der Waals surface area (Å²) in [6, 6.07) is 8.56. The fraction of sp³-hybridized carbons (Fsp3) is 0.167. The smallest absolute Gasteiger partial charge is 0.359 e. The van der Waals surface area contributed by atoms with Crippen molar-refractivity contribution >= 4 is 39.8 Å². The summed E-state index contributed by atoms with van der Waals surface area (Å²) in [7, 11) is 0. The number of hydrogen-bond donors (Lipinski definition) is 1. The van der Waals surface area contributed by atoms with Gasteiger partial charge in [-0.05, 0) is 43.5 Å². The monoisotopic (exact) mass is 415 g/mol. The molecule has 0 aliphatic carbocycles. The van der Waals surface area contributed by atoms with Gasteiger partial charge in [-0.1, -0.05) is 11.6 Å². The van der Waals surface area contributed by atoms with Gasteiger partial charge in [-0.2, -0.15) is 10.4 Å². The molecule has 10 heteroatoms. The standard InChI is InChI=1S/C18H14ClN5O3S/c1-10-7-11(2)24(23-10)14-4-3-13(19)16(21-14)18(26)27-9-15(25)22-17-12(8-20)5-6-28-17/h3-7H,9H2,1-2H3,(H,22,25). The first kappa shape index (κ1) is 19.5. The van der Waals surface area contributed by atoms with Crippen LogP contribution in [0.5, 0.6) is 0 Å². The minimum atomic E-state index is -0.838. The molecule has 0 fully saturated rings. The molecule has 3 aromatic rings. The maximum atomic E-state index is 12.3. The van der Waals surface area contributed by atoms with Crippen LogP contribution in [0, 0.1) is 25.2 Å². The number of esters is 1. The first-order valence-electron chi connectivity index (χ1n) is 8.04. The number of aryl methyl sites for hydroxylation is 2. The van der Waals surface area contributed by atoms with Gasteiger partial charge in [0.25, 0.3) is 5.91 Å².